The number of nitrogens with one attached hydrogen (secondary N) is 1. The first kappa shape index (κ1) is 16.3. The van der Waals surface area contributed by atoms with Gasteiger partial charge in [0.25, 0.3) is 0 Å². The fraction of sp³-hybridized carbons (Fsp3) is 0.900. The number of aliphatic hydroxyl groups is 1. The van der Waals surface area contributed by atoms with E-state index in [1.165, 1.54) is 0 Å². The summed E-state index contributed by atoms with van der Waals surface area (Å²) in [5, 5.41) is 17.9. The largest absolute Gasteiger partial charge is 0.464 e. The highest BCUT2D eigenvalue weighted by Crippen LogP contribution is 2.02. The van der Waals surface area contributed by atoms with Crippen LogP contribution in [0.1, 0.15) is 25.7 Å². The van der Waals surface area contributed by atoms with Gasteiger partial charge in [0.2, 0.25) is 0 Å². The molecule has 7 heteroatoms. The second-order valence-electron chi connectivity index (χ2n) is 3.81. The molecule has 17 heavy (non-hydrogen) atoms. The molecule has 2 atom stereocenters. The Hall–Kier alpha value is -0.730. The third-order valence-electron chi connectivity index (χ3n) is 2.35. The monoisotopic (exact) mass is 249 g/mol. The molecule has 102 valence electrons. The maximum atomic E-state index is 11.4. The lowest BCUT2D eigenvalue weighted by Gasteiger charge is -2.14. The summed E-state index contributed by atoms with van der Waals surface area (Å²) in [7, 11) is 0. The molecule has 0 amide bonds. The summed E-state index contributed by atoms with van der Waals surface area (Å²) in [4.78, 5) is 11.4. The molecule has 0 rings (SSSR count). The van der Waals surface area contributed by atoms with Crippen LogP contribution in [0.2, 0.25) is 0 Å². The minimum absolute atomic E-state index is 0.0896. The number of hydrogen-bond acceptors (Lipinski definition) is 7. The van der Waals surface area contributed by atoms with Crippen LogP contribution >= 0.6 is 0 Å². The molecule has 0 aromatic rings. The molecule has 0 aromatic heterocycles. The molecule has 7 nitrogen and oxygen atoms in total. The summed E-state index contributed by atoms with van der Waals surface area (Å²) in [6, 6.07) is -0.739. The van der Waals surface area contributed by atoms with Gasteiger partial charge in [-0.2, -0.15) is 5.48 Å². The van der Waals surface area contributed by atoms with Crippen LogP contribution in [-0.2, 0) is 9.53 Å². The Kier molecular flexibility index (Phi) is 9.98. The molecular weight excluding hydrogens is 226 g/mol. The van der Waals surface area contributed by atoms with E-state index >= 15 is 0 Å². The van der Waals surface area contributed by atoms with Gasteiger partial charge in [-0.05, 0) is 25.8 Å². The van der Waals surface area contributed by atoms with Crippen molar-refractivity contribution in [2.24, 2.45) is 11.5 Å². The van der Waals surface area contributed by atoms with Crippen molar-refractivity contribution in [3.05, 3.63) is 0 Å². The van der Waals surface area contributed by atoms with E-state index in [9.17, 15) is 4.79 Å². The quantitative estimate of drug-likeness (QED) is 0.185. The number of carbonyl (C=O) groups is 1. The Bertz CT molecular complexity index is 204. The molecule has 0 fully saturated rings. The number of carbonyl (C=O) groups excluding carboxylic acids is 1. The fourth-order valence-corrected chi connectivity index (χ4v) is 1.24. The zero-order chi connectivity index (χ0) is 13.1. The van der Waals surface area contributed by atoms with Gasteiger partial charge >= 0.3 is 5.97 Å². The lowest BCUT2D eigenvalue weighted by molar-refractivity contribution is -0.150. The summed E-state index contributed by atoms with van der Waals surface area (Å²) in [6.07, 6.45) is 1.61. The summed E-state index contributed by atoms with van der Waals surface area (Å²) >= 11 is 0. The maximum absolute atomic E-state index is 11.4. The number of unbranched alkanes of at least 4 members (excludes halogenated alkanes) is 1. The van der Waals surface area contributed by atoms with E-state index in [1.54, 1.807) is 0 Å². The van der Waals surface area contributed by atoms with Crippen LogP contribution in [0.4, 0.5) is 0 Å². The number of nitrogens with two attached hydrogens (primary N) is 2. The minimum Gasteiger partial charge on any atom is -0.464 e. The molecule has 0 saturated heterocycles. The second kappa shape index (κ2) is 10.4. The lowest BCUT2D eigenvalue weighted by Crippen LogP contribution is -2.36. The SMILES string of the molecule is NCCCC[C@H](NO)C(=O)OCCC(O)CN. The molecule has 0 spiro atoms. The van der Waals surface area contributed by atoms with Crippen molar-refractivity contribution in [1.29, 1.82) is 0 Å². The average molecular weight is 249 g/mol. The highest BCUT2D eigenvalue weighted by molar-refractivity contribution is 5.75. The van der Waals surface area contributed by atoms with Gasteiger partial charge in [-0.1, -0.05) is 0 Å². The topological polar surface area (TPSA) is 131 Å². The highest BCUT2D eigenvalue weighted by Gasteiger charge is 2.18. The van der Waals surface area contributed by atoms with Gasteiger partial charge in [0.1, 0.15) is 6.04 Å². The smallest absolute Gasteiger partial charge is 0.325 e. The van der Waals surface area contributed by atoms with Crippen LogP contribution in [0.25, 0.3) is 0 Å². The Morgan fingerprint density at radius 1 is 1.29 bits per heavy atom. The summed E-state index contributed by atoms with van der Waals surface area (Å²) in [5.74, 6) is -0.534. The Morgan fingerprint density at radius 3 is 2.53 bits per heavy atom. The van der Waals surface area contributed by atoms with Crippen molar-refractivity contribution in [2.75, 3.05) is 19.7 Å². The second-order valence-corrected chi connectivity index (χ2v) is 3.81. The number of hydrogen-bond donors (Lipinski definition) is 5. The van der Waals surface area contributed by atoms with E-state index in [0.29, 0.717) is 19.4 Å². The standard InChI is InChI=1S/C10H23N3O4/c11-5-2-1-3-9(13-16)10(15)17-6-4-8(14)7-12/h8-9,13-14,16H,1-7,11-12H2/t8?,9-/m0/s1. The Morgan fingerprint density at radius 2 is 2.00 bits per heavy atom. The van der Waals surface area contributed by atoms with Gasteiger partial charge in [-0.15, -0.1) is 0 Å². The molecule has 0 aliphatic carbocycles. The van der Waals surface area contributed by atoms with E-state index in [-0.39, 0.29) is 13.2 Å². The predicted molar refractivity (Wildman–Crippen MR) is 62.3 cm³/mol. The number of ether oxygens (including phenoxy) is 1. The van der Waals surface area contributed by atoms with E-state index in [4.69, 9.17) is 26.5 Å². The van der Waals surface area contributed by atoms with Crippen molar-refractivity contribution < 1.29 is 19.8 Å². The minimum atomic E-state index is -0.739. The molecule has 1 unspecified atom stereocenters. The van der Waals surface area contributed by atoms with E-state index in [0.717, 1.165) is 12.8 Å². The zero-order valence-electron chi connectivity index (χ0n) is 9.97. The van der Waals surface area contributed by atoms with Crippen molar-refractivity contribution in [2.45, 2.75) is 37.8 Å². The molecule has 0 aromatic carbocycles. The molecule has 7 N–H and O–H groups in total. The van der Waals surface area contributed by atoms with Crippen LogP contribution in [-0.4, -0.2) is 48.1 Å². The van der Waals surface area contributed by atoms with Crippen LogP contribution < -0.4 is 16.9 Å². The van der Waals surface area contributed by atoms with Crippen LogP contribution in [0.3, 0.4) is 0 Å². The first-order valence-electron chi connectivity index (χ1n) is 5.80. The number of aliphatic hydroxyl groups excluding tert-OH is 1. The summed E-state index contributed by atoms with van der Waals surface area (Å²) < 4.78 is 4.89. The molecular formula is C10H23N3O4. The van der Waals surface area contributed by atoms with E-state index in [1.807, 2.05) is 5.48 Å². The number of hydroxylamine groups is 1. The normalized spacial score (nSPS) is 14.4. The van der Waals surface area contributed by atoms with Crippen molar-refractivity contribution in [1.82, 2.24) is 5.48 Å². The number of rotatable bonds is 10. The van der Waals surface area contributed by atoms with E-state index < -0.39 is 18.1 Å². The summed E-state index contributed by atoms with van der Waals surface area (Å²) in [5.41, 5.74) is 12.4. The highest BCUT2D eigenvalue weighted by atomic mass is 16.5. The zero-order valence-corrected chi connectivity index (χ0v) is 9.97. The van der Waals surface area contributed by atoms with Gasteiger partial charge in [0, 0.05) is 13.0 Å². The molecule has 0 aliphatic rings. The van der Waals surface area contributed by atoms with Gasteiger partial charge < -0.3 is 26.5 Å². The van der Waals surface area contributed by atoms with Crippen LogP contribution in [0.15, 0.2) is 0 Å². The van der Waals surface area contributed by atoms with Gasteiger partial charge in [-0.3, -0.25) is 4.79 Å². The molecule has 0 saturated carbocycles. The Labute approximate surface area is 101 Å². The molecule has 0 aliphatic heterocycles. The third kappa shape index (κ3) is 8.06. The fourth-order valence-electron chi connectivity index (χ4n) is 1.24. The average Bonchev–Trinajstić information content (AvgIpc) is 2.34. The van der Waals surface area contributed by atoms with Gasteiger partial charge in [-0.25, -0.2) is 0 Å². The molecule has 0 bridgehead atoms. The predicted octanol–water partition coefficient (Wildman–Crippen LogP) is -1.28. The van der Waals surface area contributed by atoms with Crippen LogP contribution in [0.5, 0.6) is 0 Å². The number of esters is 1. The van der Waals surface area contributed by atoms with E-state index in [2.05, 4.69) is 0 Å². The first-order chi connectivity index (χ1) is 8.15. The van der Waals surface area contributed by atoms with Crippen molar-refractivity contribution >= 4 is 5.97 Å². The van der Waals surface area contributed by atoms with Crippen molar-refractivity contribution in [3.8, 4) is 0 Å². The molecule has 0 heterocycles. The van der Waals surface area contributed by atoms with Gasteiger partial charge in [0.05, 0.1) is 12.7 Å². The maximum Gasteiger partial charge on any atom is 0.325 e. The third-order valence-corrected chi connectivity index (χ3v) is 2.35. The lowest BCUT2D eigenvalue weighted by atomic mass is 10.1. The van der Waals surface area contributed by atoms with Gasteiger partial charge in [0.15, 0.2) is 0 Å². The first-order valence-corrected chi connectivity index (χ1v) is 5.80. The molecule has 0 radical (unpaired) electrons. The van der Waals surface area contributed by atoms with Crippen LogP contribution in [0, 0.1) is 0 Å². The summed E-state index contributed by atoms with van der Waals surface area (Å²) in [6.45, 7) is 0.776. The Balaban J connectivity index is 3.75. The van der Waals surface area contributed by atoms with Crippen molar-refractivity contribution in [3.63, 3.8) is 0 Å².